The molecule has 0 aliphatic heterocycles. The summed E-state index contributed by atoms with van der Waals surface area (Å²) in [5.41, 5.74) is 0. The van der Waals surface area contributed by atoms with Crippen LogP contribution in [0, 0.1) is 0 Å². The number of thiophene rings is 1. The van der Waals surface area contributed by atoms with E-state index in [0.29, 0.717) is 10.9 Å². The molecule has 4 heteroatoms. The number of aromatic hydroxyl groups is 1. The van der Waals surface area contributed by atoms with E-state index >= 15 is 0 Å². The van der Waals surface area contributed by atoms with Crippen LogP contribution in [0.15, 0.2) is 12.1 Å². The van der Waals surface area contributed by atoms with Gasteiger partial charge in [0.05, 0.1) is 9.72 Å². The van der Waals surface area contributed by atoms with Crippen molar-refractivity contribution in [2.45, 2.75) is 38.0 Å². The highest BCUT2D eigenvalue weighted by Crippen LogP contribution is 2.45. The van der Waals surface area contributed by atoms with Crippen LogP contribution in [0.3, 0.4) is 0 Å². The van der Waals surface area contributed by atoms with Gasteiger partial charge in [0.2, 0.25) is 0 Å². The van der Waals surface area contributed by atoms with Gasteiger partial charge in [-0.15, -0.1) is 11.3 Å². The van der Waals surface area contributed by atoms with Gasteiger partial charge in [0.25, 0.3) is 0 Å². The van der Waals surface area contributed by atoms with Crippen LogP contribution in [-0.4, -0.2) is 5.11 Å². The van der Waals surface area contributed by atoms with Gasteiger partial charge in [-0.3, -0.25) is 0 Å². The number of phenolic OH excluding ortho intramolecular Hbond substituents is 1. The first-order valence-electron chi connectivity index (χ1n) is 6.27. The second-order valence-electron chi connectivity index (χ2n) is 4.93. The molecular formula is C14H14Cl2OS. The molecule has 1 saturated carbocycles. The normalized spacial score (nSPS) is 17.4. The Labute approximate surface area is 120 Å². The molecule has 1 aromatic carbocycles. The molecule has 0 unspecified atom stereocenters. The summed E-state index contributed by atoms with van der Waals surface area (Å²) < 4.78 is 1.00. The first-order chi connectivity index (χ1) is 8.66. The van der Waals surface area contributed by atoms with Crippen LogP contribution in [0.2, 0.25) is 10.0 Å². The minimum atomic E-state index is 0.0714. The summed E-state index contributed by atoms with van der Waals surface area (Å²) in [5.74, 6) is 0.732. The average molecular weight is 301 g/mol. The van der Waals surface area contributed by atoms with E-state index in [0.717, 1.165) is 10.1 Å². The zero-order valence-corrected chi connectivity index (χ0v) is 12.2. The topological polar surface area (TPSA) is 20.2 Å². The van der Waals surface area contributed by atoms with E-state index in [1.165, 1.54) is 37.0 Å². The summed E-state index contributed by atoms with van der Waals surface area (Å²) in [6.07, 6.45) is 6.53. The molecule has 0 atom stereocenters. The van der Waals surface area contributed by atoms with Crippen molar-refractivity contribution in [2.75, 3.05) is 0 Å². The van der Waals surface area contributed by atoms with Gasteiger partial charge in [0, 0.05) is 4.88 Å². The van der Waals surface area contributed by atoms with Crippen molar-refractivity contribution in [2.24, 2.45) is 0 Å². The van der Waals surface area contributed by atoms with Gasteiger partial charge in [0.1, 0.15) is 10.8 Å². The van der Waals surface area contributed by atoms with Crippen molar-refractivity contribution in [3.8, 4) is 5.75 Å². The van der Waals surface area contributed by atoms with Crippen molar-refractivity contribution >= 4 is 44.6 Å². The largest absolute Gasteiger partial charge is 0.506 e. The maximum atomic E-state index is 9.71. The second kappa shape index (κ2) is 4.92. The lowest BCUT2D eigenvalue weighted by molar-refractivity contribution is 0.448. The Kier molecular flexibility index (Phi) is 3.44. The van der Waals surface area contributed by atoms with E-state index in [2.05, 4.69) is 6.07 Å². The Morgan fingerprint density at radius 1 is 1.06 bits per heavy atom. The Morgan fingerprint density at radius 2 is 1.78 bits per heavy atom. The lowest BCUT2D eigenvalue weighted by Crippen LogP contribution is -2.02. The molecule has 1 heterocycles. The van der Waals surface area contributed by atoms with E-state index < -0.39 is 0 Å². The summed E-state index contributed by atoms with van der Waals surface area (Å²) >= 11 is 13.9. The van der Waals surface area contributed by atoms with Crippen LogP contribution in [0.5, 0.6) is 5.75 Å². The van der Waals surface area contributed by atoms with Gasteiger partial charge >= 0.3 is 0 Å². The molecule has 1 N–H and O–H groups in total. The lowest BCUT2D eigenvalue weighted by atomic mass is 9.88. The lowest BCUT2D eigenvalue weighted by Gasteiger charge is -2.19. The Hall–Kier alpha value is -0.440. The highest BCUT2D eigenvalue weighted by Gasteiger charge is 2.20. The molecule has 3 rings (SSSR count). The molecule has 0 amide bonds. The predicted octanol–water partition coefficient (Wildman–Crippen LogP) is 5.96. The second-order valence-corrected chi connectivity index (χ2v) is 6.77. The van der Waals surface area contributed by atoms with E-state index in [-0.39, 0.29) is 10.8 Å². The molecule has 1 fully saturated rings. The molecular weight excluding hydrogens is 287 g/mol. The molecule has 2 aromatic rings. The average Bonchev–Trinajstić information content (AvgIpc) is 2.81. The zero-order chi connectivity index (χ0) is 12.7. The quantitative estimate of drug-likeness (QED) is 0.689. The molecule has 0 radical (unpaired) electrons. The van der Waals surface area contributed by atoms with Crippen molar-refractivity contribution in [1.82, 2.24) is 0 Å². The molecule has 1 nitrogen and oxygen atoms in total. The van der Waals surface area contributed by atoms with Gasteiger partial charge in [-0.25, -0.2) is 0 Å². The molecule has 0 spiro atoms. The van der Waals surface area contributed by atoms with E-state index in [1.54, 1.807) is 17.4 Å². The zero-order valence-electron chi connectivity index (χ0n) is 9.88. The van der Waals surface area contributed by atoms with Gasteiger partial charge in [0.15, 0.2) is 0 Å². The monoisotopic (exact) mass is 300 g/mol. The highest BCUT2D eigenvalue weighted by molar-refractivity contribution is 7.19. The third-order valence-electron chi connectivity index (χ3n) is 3.70. The maximum Gasteiger partial charge on any atom is 0.136 e. The molecule has 0 saturated heterocycles. The smallest absolute Gasteiger partial charge is 0.136 e. The number of rotatable bonds is 1. The van der Waals surface area contributed by atoms with Gasteiger partial charge in [-0.1, -0.05) is 42.5 Å². The minimum absolute atomic E-state index is 0.0714. The van der Waals surface area contributed by atoms with Crippen molar-refractivity contribution in [3.63, 3.8) is 0 Å². The van der Waals surface area contributed by atoms with E-state index in [1.807, 2.05) is 0 Å². The number of fused-ring (bicyclic) bond motifs is 1. The summed E-state index contributed by atoms with van der Waals surface area (Å²) in [6, 6.07) is 3.88. The fourth-order valence-electron chi connectivity index (χ4n) is 2.71. The number of halogens is 2. The predicted molar refractivity (Wildman–Crippen MR) is 79.3 cm³/mol. The molecule has 1 aromatic heterocycles. The summed E-state index contributed by atoms with van der Waals surface area (Å²) in [5, 5.41) is 11.5. The van der Waals surface area contributed by atoms with Crippen LogP contribution in [-0.2, 0) is 0 Å². The summed E-state index contributed by atoms with van der Waals surface area (Å²) in [7, 11) is 0. The number of benzene rings is 1. The fraction of sp³-hybridized carbons (Fsp3) is 0.429. The first-order valence-corrected chi connectivity index (χ1v) is 7.84. The van der Waals surface area contributed by atoms with Crippen LogP contribution in [0.4, 0.5) is 0 Å². The van der Waals surface area contributed by atoms with Crippen molar-refractivity contribution < 1.29 is 5.11 Å². The van der Waals surface area contributed by atoms with E-state index in [9.17, 15) is 5.11 Å². The Bertz CT molecular complexity index is 585. The number of hydrogen-bond donors (Lipinski definition) is 1. The van der Waals surface area contributed by atoms with Gasteiger partial charge in [-0.05, 0) is 36.3 Å². The van der Waals surface area contributed by atoms with Crippen LogP contribution >= 0.6 is 34.5 Å². The summed E-state index contributed by atoms with van der Waals surface area (Å²) in [6.45, 7) is 0. The minimum Gasteiger partial charge on any atom is -0.506 e. The summed E-state index contributed by atoms with van der Waals surface area (Å²) in [4.78, 5) is 1.38. The third-order valence-corrected chi connectivity index (χ3v) is 6.00. The molecule has 96 valence electrons. The Balaban J connectivity index is 2.07. The van der Waals surface area contributed by atoms with Crippen LogP contribution in [0.25, 0.3) is 10.1 Å². The molecule has 0 bridgehead atoms. The van der Waals surface area contributed by atoms with Crippen LogP contribution < -0.4 is 0 Å². The van der Waals surface area contributed by atoms with E-state index in [4.69, 9.17) is 23.2 Å². The van der Waals surface area contributed by atoms with Gasteiger partial charge < -0.3 is 5.11 Å². The van der Waals surface area contributed by atoms with Crippen molar-refractivity contribution in [3.05, 3.63) is 27.1 Å². The molecule has 1 aliphatic rings. The Morgan fingerprint density at radius 3 is 2.50 bits per heavy atom. The standard InChI is InChI=1S/C14H14Cl2OS/c15-12-10(17)6-9-7-11(18-14(9)13(12)16)8-4-2-1-3-5-8/h6-8,17H,1-5H2. The SMILES string of the molecule is Oc1cc2cc(C3CCCCC3)sc2c(Cl)c1Cl. The first kappa shape index (κ1) is 12.6. The van der Waals surface area contributed by atoms with Crippen molar-refractivity contribution in [1.29, 1.82) is 0 Å². The van der Waals surface area contributed by atoms with Crippen LogP contribution in [0.1, 0.15) is 42.9 Å². The number of hydrogen-bond acceptors (Lipinski definition) is 2. The highest BCUT2D eigenvalue weighted by atomic mass is 35.5. The fourth-order valence-corrected chi connectivity index (χ4v) is 4.49. The maximum absolute atomic E-state index is 9.71. The molecule has 18 heavy (non-hydrogen) atoms. The number of phenols is 1. The third kappa shape index (κ3) is 2.11. The van der Waals surface area contributed by atoms with Gasteiger partial charge in [-0.2, -0.15) is 0 Å². The molecule has 1 aliphatic carbocycles.